The van der Waals surface area contributed by atoms with Crippen LogP contribution in [0.15, 0.2) is 24.3 Å². The summed E-state index contributed by atoms with van der Waals surface area (Å²) in [6.07, 6.45) is 1.04. The van der Waals surface area contributed by atoms with Gasteiger partial charge in [-0.15, -0.1) is 0 Å². The van der Waals surface area contributed by atoms with Crippen LogP contribution >= 0.6 is 0 Å². The summed E-state index contributed by atoms with van der Waals surface area (Å²) >= 11 is 0. The Hall–Kier alpha value is -0.930. The van der Waals surface area contributed by atoms with E-state index in [-0.39, 0.29) is 17.4 Å². The van der Waals surface area contributed by atoms with Crippen molar-refractivity contribution in [1.29, 1.82) is 0 Å². The van der Waals surface area contributed by atoms with E-state index in [9.17, 15) is 4.39 Å². The van der Waals surface area contributed by atoms with E-state index in [1.54, 1.807) is 0 Å². The zero-order valence-electron chi connectivity index (χ0n) is 9.91. The third-order valence-electron chi connectivity index (χ3n) is 3.72. The molecule has 3 heteroatoms. The van der Waals surface area contributed by atoms with E-state index in [1.807, 2.05) is 12.1 Å². The average Bonchev–Trinajstić information content (AvgIpc) is 2.48. The van der Waals surface area contributed by atoms with Crippen LogP contribution in [0.4, 0.5) is 4.39 Å². The molecule has 1 unspecified atom stereocenters. The number of likely N-dealkylation sites (tertiary alicyclic amines) is 1. The van der Waals surface area contributed by atoms with Crippen molar-refractivity contribution in [2.45, 2.75) is 38.4 Å². The molecule has 2 N–H and O–H groups in total. The molecule has 88 valence electrons. The molecule has 0 aromatic heterocycles. The third-order valence-corrected chi connectivity index (χ3v) is 3.72. The number of hydrogen-bond donors (Lipinski definition) is 1. The summed E-state index contributed by atoms with van der Waals surface area (Å²) in [6.45, 7) is 6.22. The van der Waals surface area contributed by atoms with Crippen molar-refractivity contribution in [3.05, 3.63) is 35.6 Å². The monoisotopic (exact) mass is 222 g/mol. The van der Waals surface area contributed by atoms with E-state index in [0.29, 0.717) is 0 Å². The Morgan fingerprint density at radius 3 is 2.50 bits per heavy atom. The lowest BCUT2D eigenvalue weighted by Gasteiger charge is -2.34. The van der Waals surface area contributed by atoms with Crippen LogP contribution in [0.2, 0.25) is 0 Å². The van der Waals surface area contributed by atoms with Gasteiger partial charge in [-0.25, -0.2) is 4.39 Å². The van der Waals surface area contributed by atoms with Crippen molar-refractivity contribution in [2.24, 2.45) is 5.73 Å². The molecular weight excluding hydrogens is 203 g/mol. The molecule has 1 aliphatic rings. The van der Waals surface area contributed by atoms with Gasteiger partial charge < -0.3 is 5.73 Å². The van der Waals surface area contributed by atoms with Gasteiger partial charge in [-0.3, -0.25) is 4.90 Å². The van der Waals surface area contributed by atoms with Crippen LogP contribution in [0.25, 0.3) is 0 Å². The topological polar surface area (TPSA) is 29.3 Å². The van der Waals surface area contributed by atoms with Crippen LogP contribution in [0.5, 0.6) is 0 Å². The van der Waals surface area contributed by atoms with Gasteiger partial charge in [0, 0.05) is 24.7 Å². The SMILES string of the molecule is CC1(C)C(N)CCN1Cc1ccc(F)cc1. The standard InChI is InChI=1S/C13H19FN2/c1-13(2)12(15)7-8-16(13)9-10-3-5-11(14)6-4-10/h3-6,12H,7-9,15H2,1-2H3. The van der Waals surface area contributed by atoms with Gasteiger partial charge in [0.1, 0.15) is 5.82 Å². The summed E-state index contributed by atoms with van der Waals surface area (Å²) in [5.41, 5.74) is 7.26. The lowest BCUT2D eigenvalue weighted by molar-refractivity contribution is 0.154. The smallest absolute Gasteiger partial charge is 0.123 e. The Morgan fingerprint density at radius 2 is 2.00 bits per heavy atom. The molecule has 0 aliphatic carbocycles. The van der Waals surface area contributed by atoms with E-state index in [0.717, 1.165) is 25.1 Å². The zero-order valence-corrected chi connectivity index (χ0v) is 9.91. The fourth-order valence-electron chi connectivity index (χ4n) is 2.26. The fraction of sp³-hybridized carbons (Fsp3) is 0.538. The second kappa shape index (κ2) is 4.15. The second-order valence-electron chi connectivity index (χ2n) is 5.10. The number of nitrogens with two attached hydrogens (primary N) is 1. The lowest BCUT2D eigenvalue weighted by Crippen LogP contribution is -2.48. The summed E-state index contributed by atoms with van der Waals surface area (Å²) in [6, 6.07) is 6.94. The van der Waals surface area contributed by atoms with Crippen molar-refractivity contribution < 1.29 is 4.39 Å². The Labute approximate surface area is 96.2 Å². The molecule has 0 bridgehead atoms. The van der Waals surface area contributed by atoms with Gasteiger partial charge in [0.25, 0.3) is 0 Å². The average molecular weight is 222 g/mol. The van der Waals surface area contributed by atoms with Crippen molar-refractivity contribution in [2.75, 3.05) is 6.54 Å². The van der Waals surface area contributed by atoms with E-state index in [1.165, 1.54) is 12.1 Å². The first-order chi connectivity index (χ1) is 7.50. The third kappa shape index (κ3) is 2.11. The second-order valence-corrected chi connectivity index (χ2v) is 5.10. The highest BCUT2D eigenvalue weighted by atomic mass is 19.1. The molecule has 2 nitrogen and oxygen atoms in total. The van der Waals surface area contributed by atoms with Crippen LogP contribution in [0, 0.1) is 5.82 Å². The molecule has 1 aromatic rings. The molecule has 1 saturated heterocycles. The van der Waals surface area contributed by atoms with Crippen molar-refractivity contribution in [3.63, 3.8) is 0 Å². The molecule has 1 aliphatic heterocycles. The quantitative estimate of drug-likeness (QED) is 0.830. The maximum Gasteiger partial charge on any atom is 0.123 e. The molecule has 0 amide bonds. The summed E-state index contributed by atoms with van der Waals surface area (Å²) in [7, 11) is 0. The largest absolute Gasteiger partial charge is 0.326 e. The Morgan fingerprint density at radius 1 is 1.38 bits per heavy atom. The highest BCUT2D eigenvalue weighted by molar-refractivity contribution is 5.17. The van der Waals surface area contributed by atoms with Crippen molar-refractivity contribution in [3.8, 4) is 0 Å². The van der Waals surface area contributed by atoms with Crippen LogP contribution in [-0.4, -0.2) is 23.0 Å². The van der Waals surface area contributed by atoms with Gasteiger partial charge >= 0.3 is 0 Å². The fourth-order valence-corrected chi connectivity index (χ4v) is 2.26. The predicted octanol–water partition coefficient (Wildman–Crippen LogP) is 2.14. The normalized spacial score (nSPS) is 24.9. The minimum atomic E-state index is -0.180. The Bertz CT molecular complexity index is 359. The highest BCUT2D eigenvalue weighted by Gasteiger charge is 2.38. The molecule has 16 heavy (non-hydrogen) atoms. The van der Waals surface area contributed by atoms with E-state index >= 15 is 0 Å². The van der Waals surface area contributed by atoms with Crippen LogP contribution in [-0.2, 0) is 6.54 Å². The van der Waals surface area contributed by atoms with Gasteiger partial charge in [0.05, 0.1) is 0 Å². The van der Waals surface area contributed by atoms with Crippen molar-refractivity contribution in [1.82, 2.24) is 4.90 Å². The molecule has 1 atom stereocenters. The van der Waals surface area contributed by atoms with Crippen LogP contribution in [0.3, 0.4) is 0 Å². The summed E-state index contributed by atoms with van der Waals surface area (Å²) in [5, 5.41) is 0. The number of nitrogens with zero attached hydrogens (tertiary/aromatic N) is 1. The molecule has 0 saturated carbocycles. The van der Waals surface area contributed by atoms with E-state index in [2.05, 4.69) is 18.7 Å². The summed E-state index contributed by atoms with van der Waals surface area (Å²) in [5.74, 6) is -0.180. The number of halogens is 1. The maximum absolute atomic E-state index is 12.8. The lowest BCUT2D eigenvalue weighted by atomic mass is 9.96. The Kier molecular flexibility index (Phi) is 3.00. The first-order valence-electron chi connectivity index (χ1n) is 5.75. The zero-order chi connectivity index (χ0) is 11.8. The van der Waals surface area contributed by atoms with E-state index in [4.69, 9.17) is 5.73 Å². The number of hydrogen-bond acceptors (Lipinski definition) is 2. The van der Waals surface area contributed by atoms with Gasteiger partial charge in [-0.1, -0.05) is 12.1 Å². The van der Waals surface area contributed by atoms with Gasteiger partial charge in [0.2, 0.25) is 0 Å². The summed E-state index contributed by atoms with van der Waals surface area (Å²) < 4.78 is 12.8. The number of benzene rings is 1. The molecular formula is C13H19FN2. The predicted molar refractivity (Wildman–Crippen MR) is 63.5 cm³/mol. The van der Waals surface area contributed by atoms with Crippen molar-refractivity contribution >= 4 is 0 Å². The van der Waals surface area contributed by atoms with Crippen LogP contribution < -0.4 is 5.73 Å². The molecule has 1 fully saturated rings. The molecule has 1 aromatic carbocycles. The summed E-state index contributed by atoms with van der Waals surface area (Å²) in [4.78, 5) is 2.37. The number of rotatable bonds is 2. The van der Waals surface area contributed by atoms with Gasteiger partial charge in [-0.2, -0.15) is 0 Å². The minimum absolute atomic E-state index is 0.0361. The van der Waals surface area contributed by atoms with Gasteiger partial charge in [0.15, 0.2) is 0 Å². The first-order valence-corrected chi connectivity index (χ1v) is 5.75. The molecule has 2 rings (SSSR count). The van der Waals surface area contributed by atoms with Gasteiger partial charge in [-0.05, 0) is 38.0 Å². The van der Waals surface area contributed by atoms with E-state index < -0.39 is 0 Å². The van der Waals surface area contributed by atoms with Crippen LogP contribution in [0.1, 0.15) is 25.8 Å². The highest BCUT2D eigenvalue weighted by Crippen LogP contribution is 2.28. The molecule has 0 spiro atoms. The molecule has 0 radical (unpaired) electrons. The Balaban J connectivity index is 2.08. The minimum Gasteiger partial charge on any atom is -0.326 e. The molecule has 1 heterocycles. The maximum atomic E-state index is 12.8. The first kappa shape index (κ1) is 11.6.